The third-order valence-corrected chi connectivity index (χ3v) is 5.58. The van der Waals surface area contributed by atoms with Gasteiger partial charge >= 0.3 is 0 Å². The van der Waals surface area contributed by atoms with Crippen LogP contribution in [0.5, 0.6) is 0 Å². The fraction of sp³-hybridized carbons (Fsp3) is 0.958. The number of nitrogens with zero attached hydrogens (tertiary/aromatic N) is 2. The third kappa shape index (κ3) is 21.5. The highest BCUT2D eigenvalue weighted by Crippen LogP contribution is 2.11. The average Bonchev–Trinajstić information content (AvgIpc) is 2.68. The molecule has 0 aromatic carbocycles. The quantitative estimate of drug-likeness (QED) is 0.129. The predicted octanol–water partition coefficient (Wildman–Crippen LogP) is 6.23. The molecule has 4 nitrogen and oxygen atoms in total. The van der Waals surface area contributed by atoms with E-state index in [1.165, 1.54) is 116 Å². The highest BCUT2D eigenvalue weighted by Gasteiger charge is 2.05. The van der Waals surface area contributed by atoms with Gasteiger partial charge in [-0.15, -0.1) is 0 Å². The molecule has 0 atom stereocenters. The van der Waals surface area contributed by atoms with E-state index in [2.05, 4.69) is 23.7 Å². The van der Waals surface area contributed by atoms with E-state index in [1.54, 1.807) is 0 Å². The normalized spacial score (nSPS) is 11.2. The molecule has 0 spiro atoms. The lowest BCUT2D eigenvalue weighted by molar-refractivity contribution is 0.258. The van der Waals surface area contributed by atoms with Crippen molar-refractivity contribution in [1.29, 1.82) is 0 Å². The van der Waals surface area contributed by atoms with Crippen molar-refractivity contribution in [2.75, 3.05) is 26.2 Å². The summed E-state index contributed by atoms with van der Waals surface area (Å²) in [6, 6.07) is 0. The molecule has 0 aliphatic heterocycles. The molecular formula is C24H52N4. The van der Waals surface area contributed by atoms with Gasteiger partial charge in [0.05, 0.1) is 0 Å². The fourth-order valence-corrected chi connectivity index (χ4v) is 3.78. The van der Waals surface area contributed by atoms with Crippen LogP contribution in [-0.4, -0.2) is 37.0 Å². The smallest absolute Gasteiger partial charge is 0.185 e. The van der Waals surface area contributed by atoms with E-state index < -0.39 is 0 Å². The van der Waals surface area contributed by atoms with Crippen molar-refractivity contribution in [3.63, 3.8) is 0 Å². The van der Waals surface area contributed by atoms with Gasteiger partial charge in [0.25, 0.3) is 0 Å². The first-order valence-corrected chi connectivity index (χ1v) is 12.5. The van der Waals surface area contributed by atoms with E-state index >= 15 is 0 Å². The fourth-order valence-electron chi connectivity index (χ4n) is 3.78. The maximum absolute atomic E-state index is 5.44. The summed E-state index contributed by atoms with van der Waals surface area (Å²) in [6.07, 6.45) is 23.3. The maximum Gasteiger partial charge on any atom is 0.185 e. The molecule has 4 N–H and O–H groups in total. The molecule has 0 aromatic rings. The summed E-state index contributed by atoms with van der Waals surface area (Å²) < 4.78 is 0. The summed E-state index contributed by atoms with van der Waals surface area (Å²) in [5.41, 5.74) is 10.9. The van der Waals surface area contributed by atoms with Crippen molar-refractivity contribution >= 4 is 5.96 Å². The first kappa shape index (κ1) is 27.2. The molecule has 0 rings (SSSR count). The summed E-state index contributed by atoms with van der Waals surface area (Å²) in [6.45, 7) is 8.94. The van der Waals surface area contributed by atoms with Gasteiger partial charge in [0.15, 0.2) is 5.96 Å². The zero-order valence-corrected chi connectivity index (χ0v) is 19.4. The van der Waals surface area contributed by atoms with Gasteiger partial charge in [-0.1, -0.05) is 104 Å². The predicted molar refractivity (Wildman–Crippen MR) is 127 cm³/mol. The van der Waals surface area contributed by atoms with Crippen LogP contribution in [0.25, 0.3) is 0 Å². The molecule has 0 amide bonds. The van der Waals surface area contributed by atoms with Gasteiger partial charge in [-0.3, -0.25) is 4.99 Å². The number of nitrogens with two attached hydrogens (primary N) is 2. The minimum absolute atomic E-state index is 0.220. The number of guanidine groups is 1. The largest absolute Gasteiger partial charge is 0.370 e. The molecule has 0 radical (unpaired) electrons. The SMILES string of the molecule is CCCCCCCCCCN(CCCCCCCCCC)CCCN=C(N)N. The molecule has 0 fully saturated rings. The topological polar surface area (TPSA) is 67.6 Å². The number of aliphatic imine (C=N–C) groups is 1. The highest BCUT2D eigenvalue weighted by molar-refractivity contribution is 5.75. The van der Waals surface area contributed by atoms with Gasteiger partial charge in [0.2, 0.25) is 0 Å². The van der Waals surface area contributed by atoms with Gasteiger partial charge in [0.1, 0.15) is 0 Å². The molecule has 0 saturated carbocycles. The zero-order chi connectivity index (χ0) is 20.7. The van der Waals surface area contributed by atoms with Crippen molar-refractivity contribution in [1.82, 2.24) is 4.90 Å². The van der Waals surface area contributed by atoms with E-state index in [0.717, 1.165) is 19.5 Å². The van der Waals surface area contributed by atoms with Crippen molar-refractivity contribution in [3.05, 3.63) is 0 Å². The van der Waals surface area contributed by atoms with Crippen LogP contribution in [-0.2, 0) is 0 Å². The van der Waals surface area contributed by atoms with Crippen LogP contribution in [0, 0.1) is 0 Å². The Morgan fingerprint density at radius 1 is 0.536 bits per heavy atom. The lowest BCUT2D eigenvalue weighted by Gasteiger charge is -2.22. The van der Waals surface area contributed by atoms with Crippen molar-refractivity contribution in [3.8, 4) is 0 Å². The Kier molecular flexibility index (Phi) is 21.9. The number of rotatable bonds is 22. The summed E-state index contributed by atoms with van der Waals surface area (Å²) >= 11 is 0. The standard InChI is InChI=1S/C24H52N4/c1-3-5-7-9-11-13-15-17-21-28(23-19-20-27-24(25)26)22-18-16-14-12-10-8-6-4-2/h3-23H2,1-2H3,(H4,25,26,27). The third-order valence-electron chi connectivity index (χ3n) is 5.58. The van der Waals surface area contributed by atoms with Crippen LogP contribution < -0.4 is 11.5 Å². The number of unbranched alkanes of at least 4 members (excludes halogenated alkanes) is 14. The second-order valence-electron chi connectivity index (χ2n) is 8.45. The molecule has 0 bridgehead atoms. The van der Waals surface area contributed by atoms with Gasteiger partial charge in [-0.25, -0.2) is 0 Å². The van der Waals surface area contributed by atoms with E-state index in [0.29, 0.717) is 0 Å². The first-order valence-electron chi connectivity index (χ1n) is 12.5. The van der Waals surface area contributed by atoms with Gasteiger partial charge in [-0.05, 0) is 38.9 Å². The molecule has 0 heterocycles. The Morgan fingerprint density at radius 3 is 1.29 bits per heavy atom. The van der Waals surface area contributed by atoms with E-state index in [-0.39, 0.29) is 5.96 Å². The zero-order valence-electron chi connectivity index (χ0n) is 19.4. The van der Waals surface area contributed by atoms with Crippen LogP contribution in [0.1, 0.15) is 123 Å². The first-order chi connectivity index (χ1) is 13.7. The Bertz CT molecular complexity index is 307. The molecule has 28 heavy (non-hydrogen) atoms. The molecule has 4 heteroatoms. The summed E-state index contributed by atoms with van der Waals surface area (Å²) in [4.78, 5) is 6.78. The number of hydrogen-bond acceptors (Lipinski definition) is 2. The van der Waals surface area contributed by atoms with Crippen LogP contribution in [0.3, 0.4) is 0 Å². The minimum atomic E-state index is 0.220. The van der Waals surface area contributed by atoms with Crippen molar-refractivity contribution in [2.24, 2.45) is 16.5 Å². The molecule has 0 aliphatic carbocycles. The number of hydrogen-bond donors (Lipinski definition) is 2. The van der Waals surface area contributed by atoms with E-state index in [4.69, 9.17) is 11.5 Å². The molecule has 0 aliphatic rings. The van der Waals surface area contributed by atoms with Gasteiger partial charge < -0.3 is 16.4 Å². The van der Waals surface area contributed by atoms with Gasteiger partial charge in [-0.2, -0.15) is 0 Å². The summed E-state index contributed by atoms with van der Waals surface area (Å²) in [5.74, 6) is 0.220. The summed E-state index contributed by atoms with van der Waals surface area (Å²) in [7, 11) is 0. The van der Waals surface area contributed by atoms with Crippen molar-refractivity contribution < 1.29 is 0 Å². The van der Waals surface area contributed by atoms with E-state index in [1.807, 2.05) is 0 Å². The summed E-state index contributed by atoms with van der Waals surface area (Å²) in [5, 5.41) is 0. The van der Waals surface area contributed by atoms with Crippen LogP contribution in [0.15, 0.2) is 4.99 Å². The van der Waals surface area contributed by atoms with Crippen LogP contribution in [0.2, 0.25) is 0 Å². The highest BCUT2D eigenvalue weighted by atomic mass is 15.1. The molecule has 0 saturated heterocycles. The lowest BCUT2D eigenvalue weighted by Crippen LogP contribution is -2.28. The molecule has 0 unspecified atom stereocenters. The minimum Gasteiger partial charge on any atom is -0.370 e. The molecule has 0 aromatic heterocycles. The Morgan fingerprint density at radius 2 is 0.893 bits per heavy atom. The molecule has 168 valence electrons. The second-order valence-corrected chi connectivity index (χ2v) is 8.45. The van der Waals surface area contributed by atoms with Crippen molar-refractivity contribution in [2.45, 2.75) is 123 Å². The van der Waals surface area contributed by atoms with Gasteiger partial charge in [0, 0.05) is 6.54 Å². The van der Waals surface area contributed by atoms with Crippen LogP contribution >= 0.6 is 0 Å². The van der Waals surface area contributed by atoms with Crippen LogP contribution in [0.4, 0.5) is 0 Å². The maximum atomic E-state index is 5.44. The average molecular weight is 397 g/mol. The van der Waals surface area contributed by atoms with E-state index in [9.17, 15) is 0 Å². The second kappa shape index (κ2) is 22.5. The Hall–Kier alpha value is -0.770. The monoisotopic (exact) mass is 396 g/mol. The lowest BCUT2D eigenvalue weighted by atomic mass is 10.1. The Balaban J connectivity index is 3.83. The molecular weight excluding hydrogens is 344 g/mol. The Labute approximate surface area is 176 Å².